The Bertz CT molecular complexity index is 2350. The van der Waals surface area contributed by atoms with Crippen LogP contribution >= 0.6 is 31.9 Å². The van der Waals surface area contributed by atoms with Gasteiger partial charge in [0.1, 0.15) is 5.60 Å². The standard InChI is InChI=1S/C39H23Br2NO/c40-33-21-31-36(27-16-6-4-13-24(27)33)37-28-17-7-5-14-25(28)34(41)22-32(37)39(31,43)30-19-10-18-29-26-15-8-9-20-35(26)42(38(29)30)23-11-2-1-3-12-23/h1-22,43H. The maximum Gasteiger partial charge on any atom is 0.143 e. The lowest BCUT2D eigenvalue weighted by atomic mass is 9.82. The van der Waals surface area contributed by atoms with Crippen molar-refractivity contribution in [2.24, 2.45) is 0 Å². The van der Waals surface area contributed by atoms with Crippen LogP contribution in [0, 0.1) is 0 Å². The van der Waals surface area contributed by atoms with E-state index in [2.05, 4.69) is 164 Å². The molecule has 7 aromatic carbocycles. The summed E-state index contributed by atoms with van der Waals surface area (Å²) in [4.78, 5) is 0. The summed E-state index contributed by atoms with van der Waals surface area (Å²) >= 11 is 7.77. The summed E-state index contributed by atoms with van der Waals surface area (Å²) in [5, 5.41) is 20.3. The highest BCUT2D eigenvalue weighted by Crippen LogP contribution is 2.58. The van der Waals surface area contributed by atoms with E-state index in [0.29, 0.717) is 0 Å². The van der Waals surface area contributed by atoms with E-state index >= 15 is 0 Å². The van der Waals surface area contributed by atoms with E-state index in [0.717, 1.165) is 85.8 Å². The fraction of sp³-hybridized carbons (Fsp3) is 0.0256. The fourth-order valence-electron chi connectivity index (χ4n) is 7.36. The largest absolute Gasteiger partial charge is 0.376 e. The second kappa shape index (κ2) is 9.14. The molecule has 0 atom stereocenters. The molecule has 9 rings (SSSR count). The van der Waals surface area contributed by atoms with Gasteiger partial charge < -0.3 is 9.67 Å². The molecule has 0 spiro atoms. The number of hydrogen-bond acceptors (Lipinski definition) is 1. The smallest absolute Gasteiger partial charge is 0.143 e. The lowest BCUT2D eigenvalue weighted by molar-refractivity contribution is 0.132. The summed E-state index contributed by atoms with van der Waals surface area (Å²) < 4.78 is 4.24. The third-order valence-corrected chi connectivity index (χ3v) is 10.4. The zero-order valence-corrected chi connectivity index (χ0v) is 26.0. The maximum atomic E-state index is 13.6. The zero-order chi connectivity index (χ0) is 28.9. The Morgan fingerprint density at radius 1 is 0.465 bits per heavy atom. The van der Waals surface area contributed by atoms with Gasteiger partial charge in [-0.15, -0.1) is 0 Å². The van der Waals surface area contributed by atoms with E-state index in [4.69, 9.17) is 0 Å². The Labute approximate surface area is 265 Å². The van der Waals surface area contributed by atoms with Crippen molar-refractivity contribution in [1.29, 1.82) is 0 Å². The molecule has 4 heteroatoms. The average Bonchev–Trinajstić information content (AvgIpc) is 3.52. The highest BCUT2D eigenvalue weighted by Gasteiger charge is 2.47. The molecule has 0 amide bonds. The van der Waals surface area contributed by atoms with E-state index in [9.17, 15) is 5.11 Å². The molecule has 204 valence electrons. The second-order valence-corrected chi connectivity index (χ2v) is 13.0. The fourth-order valence-corrected chi connectivity index (χ4v) is 8.51. The van der Waals surface area contributed by atoms with Crippen LogP contribution in [0.4, 0.5) is 0 Å². The van der Waals surface area contributed by atoms with E-state index < -0.39 is 5.60 Å². The van der Waals surface area contributed by atoms with Crippen molar-refractivity contribution in [3.8, 4) is 16.8 Å². The van der Waals surface area contributed by atoms with E-state index in [1.807, 2.05) is 6.07 Å². The first-order valence-electron chi connectivity index (χ1n) is 14.3. The monoisotopic (exact) mass is 679 g/mol. The lowest BCUT2D eigenvalue weighted by Gasteiger charge is -2.29. The summed E-state index contributed by atoms with van der Waals surface area (Å²) in [7, 11) is 0. The number of nitrogens with zero attached hydrogens (tertiary/aromatic N) is 1. The van der Waals surface area contributed by atoms with Crippen molar-refractivity contribution < 1.29 is 5.11 Å². The number of fused-ring (bicyclic) bond motifs is 10. The Balaban J connectivity index is 1.52. The van der Waals surface area contributed by atoms with Crippen LogP contribution in [0.2, 0.25) is 0 Å². The van der Waals surface area contributed by atoms with Gasteiger partial charge in [0.15, 0.2) is 0 Å². The van der Waals surface area contributed by atoms with Crippen LogP contribution in [0.1, 0.15) is 16.7 Å². The highest BCUT2D eigenvalue weighted by molar-refractivity contribution is 9.11. The molecule has 0 radical (unpaired) electrons. The first-order chi connectivity index (χ1) is 21.1. The van der Waals surface area contributed by atoms with Gasteiger partial charge in [0.25, 0.3) is 0 Å². The van der Waals surface area contributed by atoms with Crippen molar-refractivity contribution in [3.63, 3.8) is 0 Å². The maximum absolute atomic E-state index is 13.6. The van der Waals surface area contributed by atoms with Gasteiger partial charge in [0.05, 0.1) is 11.0 Å². The molecule has 1 heterocycles. The predicted molar refractivity (Wildman–Crippen MR) is 185 cm³/mol. The SMILES string of the molecule is OC1(c2cccc3c4ccccc4n(-c4ccccc4)c23)c2cc(Br)c3ccccc3c2-c2c1cc(Br)c1ccccc21. The molecule has 0 saturated heterocycles. The molecule has 1 aromatic heterocycles. The topological polar surface area (TPSA) is 25.2 Å². The number of para-hydroxylation sites is 3. The Kier molecular flexibility index (Phi) is 5.38. The summed E-state index contributed by atoms with van der Waals surface area (Å²) in [5.41, 5.74) is 6.53. The van der Waals surface area contributed by atoms with Gasteiger partial charge in [0, 0.05) is 42.1 Å². The lowest BCUT2D eigenvalue weighted by Crippen LogP contribution is -2.27. The minimum atomic E-state index is -1.43. The molecule has 43 heavy (non-hydrogen) atoms. The zero-order valence-electron chi connectivity index (χ0n) is 22.9. The van der Waals surface area contributed by atoms with Gasteiger partial charge >= 0.3 is 0 Å². The van der Waals surface area contributed by atoms with Crippen LogP contribution in [0.5, 0.6) is 0 Å². The molecule has 8 aromatic rings. The summed E-state index contributed by atoms with van der Waals surface area (Å²) in [6.07, 6.45) is 0. The Morgan fingerprint density at radius 2 is 0.953 bits per heavy atom. The van der Waals surface area contributed by atoms with Gasteiger partial charge in [-0.1, -0.05) is 135 Å². The van der Waals surface area contributed by atoms with Crippen LogP contribution in [0.3, 0.4) is 0 Å². The third kappa shape index (κ3) is 3.32. The molecule has 2 nitrogen and oxygen atoms in total. The quantitative estimate of drug-likeness (QED) is 0.193. The van der Waals surface area contributed by atoms with Crippen molar-refractivity contribution in [1.82, 2.24) is 4.57 Å². The molecule has 0 saturated carbocycles. The molecule has 0 bridgehead atoms. The first kappa shape index (κ1) is 25.3. The van der Waals surface area contributed by atoms with Crippen molar-refractivity contribution in [2.45, 2.75) is 5.60 Å². The van der Waals surface area contributed by atoms with Crippen LogP contribution in [-0.2, 0) is 5.60 Å². The summed E-state index contributed by atoms with van der Waals surface area (Å²) in [5.74, 6) is 0. The van der Waals surface area contributed by atoms with Crippen LogP contribution in [-0.4, -0.2) is 9.67 Å². The van der Waals surface area contributed by atoms with Crippen molar-refractivity contribution in [2.75, 3.05) is 0 Å². The molecule has 0 fully saturated rings. The number of benzene rings is 7. The van der Waals surface area contributed by atoms with Crippen molar-refractivity contribution >= 4 is 75.2 Å². The van der Waals surface area contributed by atoms with Gasteiger partial charge in [-0.05, 0) is 63.0 Å². The molecule has 0 unspecified atom stereocenters. The Morgan fingerprint density at radius 3 is 1.56 bits per heavy atom. The van der Waals surface area contributed by atoms with E-state index in [1.165, 1.54) is 0 Å². The predicted octanol–water partition coefficient (Wildman–Crippen LogP) is 10.9. The van der Waals surface area contributed by atoms with Crippen LogP contribution in [0.15, 0.2) is 142 Å². The first-order valence-corrected chi connectivity index (χ1v) is 15.9. The number of rotatable bonds is 2. The number of aliphatic hydroxyl groups is 1. The molecular formula is C39H23Br2NO. The van der Waals surface area contributed by atoms with Crippen LogP contribution in [0.25, 0.3) is 60.2 Å². The van der Waals surface area contributed by atoms with Crippen molar-refractivity contribution in [3.05, 3.63) is 159 Å². The minimum absolute atomic E-state index is 0.856. The number of halogens is 2. The number of hydrogen-bond donors (Lipinski definition) is 1. The van der Waals surface area contributed by atoms with E-state index in [-0.39, 0.29) is 0 Å². The normalized spacial score (nSPS) is 13.7. The van der Waals surface area contributed by atoms with Gasteiger partial charge in [-0.25, -0.2) is 0 Å². The number of aromatic nitrogens is 1. The molecular weight excluding hydrogens is 658 g/mol. The molecule has 1 aliphatic rings. The van der Waals surface area contributed by atoms with Gasteiger partial charge in [-0.2, -0.15) is 0 Å². The minimum Gasteiger partial charge on any atom is -0.376 e. The second-order valence-electron chi connectivity index (χ2n) is 11.3. The molecule has 0 aliphatic heterocycles. The van der Waals surface area contributed by atoms with Gasteiger partial charge in [-0.3, -0.25) is 0 Å². The summed E-state index contributed by atoms with van der Waals surface area (Å²) in [6.45, 7) is 0. The summed E-state index contributed by atoms with van der Waals surface area (Å²) in [6, 6.07) is 46.5. The third-order valence-electron chi connectivity index (χ3n) is 9.12. The molecule has 1 N–H and O–H groups in total. The average molecular weight is 681 g/mol. The Hall–Kier alpha value is -4.22. The molecule has 1 aliphatic carbocycles. The van der Waals surface area contributed by atoms with Crippen LogP contribution < -0.4 is 0 Å². The highest BCUT2D eigenvalue weighted by atomic mass is 79.9. The van der Waals surface area contributed by atoms with E-state index in [1.54, 1.807) is 0 Å². The van der Waals surface area contributed by atoms with Gasteiger partial charge in [0.2, 0.25) is 0 Å².